The van der Waals surface area contributed by atoms with Crippen LogP contribution in [0.2, 0.25) is 0 Å². The summed E-state index contributed by atoms with van der Waals surface area (Å²) in [6.45, 7) is 5.91. The van der Waals surface area contributed by atoms with Gasteiger partial charge in [-0.05, 0) is 28.9 Å². The average Bonchev–Trinajstić information content (AvgIpc) is 2.09. The standard InChI is InChI=1S/C9H9BrO3/c1-3-12-6(2)8-4-7(10)5-13-9(8)11/h4-5H,2-3H2,1H3. The lowest BCUT2D eigenvalue weighted by Crippen LogP contribution is -2.06. The first kappa shape index (κ1) is 10.1. The number of ether oxygens (including phenoxy) is 1. The molecule has 0 saturated heterocycles. The maximum Gasteiger partial charge on any atom is 0.346 e. The second-order valence-electron chi connectivity index (χ2n) is 2.32. The molecule has 13 heavy (non-hydrogen) atoms. The molecular formula is C9H9BrO3. The van der Waals surface area contributed by atoms with E-state index in [9.17, 15) is 4.79 Å². The molecule has 0 saturated carbocycles. The van der Waals surface area contributed by atoms with Gasteiger partial charge in [0.25, 0.3) is 0 Å². The smallest absolute Gasteiger partial charge is 0.346 e. The zero-order chi connectivity index (χ0) is 9.84. The molecule has 0 radical (unpaired) electrons. The van der Waals surface area contributed by atoms with Crippen molar-refractivity contribution in [3.05, 3.63) is 39.4 Å². The first-order valence-corrected chi connectivity index (χ1v) is 4.55. The van der Waals surface area contributed by atoms with E-state index in [1.807, 2.05) is 6.92 Å². The fourth-order valence-electron chi connectivity index (χ4n) is 0.850. The number of hydrogen-bond acceptors (Lipinski definition) is 3. The molecule has 1 rings (SSSR count). The minimum absolute atomic E-state index is 0.331. The van der Waals surface area contributed by atoms with Crippen molar-refractivity contribution in [1.82, 2.24) is 0 Å². The maximum absolute atomic E-state index is 11.2. The topological polar surface area (TPSA) is 39.4 Å². The van der Waals surface area contributed by atoms with Gasteiger partial charge in [0.15, 0.2) is 0 Å². The van der Waals surface area contributed by atoms with Crippen molar-refractivity contribution in [2.75, 3.05) is 6.61 Å². The van der Waals surface area contributed by atoms with Gasteiger partial charge in [-0.3, -0.25) is 0 Å². The van der Waals surface area contributed by atoms with Gasteiger partial charge < -0.3 is 9.15 Å². The van der Waals surface area contributed by atoms with Crippen LogP contribution in [-0.2, 0) is 4.74 Å². The molecule has 1 aromatic heterocycles. The predicted molar refractivity (Wildman–Crippen MR) is 53.3 cm³/mol. The van der Waals surface area contributed by atoms with Crippen molar-refractivity contribution in [3.63, 3.8) is 0 Å². The second kappa shape index (κ2) is 4.28. The lowest BCUT2D eigenvalue weighted by molar-refractivity contribution is 0.297. The van der Waals surface area contributed by atoms with Crippen LogP contribution in [0.1, 0.15) is 12.5 Å². The zero-order valence-electron chi connectivity index (χ0n) is 7.17. The zero-order valence-corrected chi connectivity index (χ0v) is 8.76. The highest BCUT2D eigenvalue weighted by Crippen LogP contribution is 2.14. The van der Waals surface area contributed by atoms with Gasteiger partial charge in [-0.25, -0.2) is 4.79 Å². The van der Waals surface area contributed by atoms with Crippen LogP contribution in [0.15, 0.2) is 32.6 Å². The molecule has 0 N–H and O–H groups in total. The van der Waals surface area contributed by atoms with Crippen LogP contribution in [0.4, 0.5) is 0 Å². The van der Waals surface area contributed by atoms with Crippen molar-refractivity contribution in [1.29, 1.82) is 0 Å². The van der Waals surface area contributed by atoms with Crippen molar-refractivity contribution >= 4 is 21.7 Å². The summed E-state index contributed by atoms with van der Waals surface area (Å²) in [6, 6.07) is 1.61. The van der Waals surface area contributed by atoms with Crippen molar-refractivity contribution in [2.24, 2.45) is 0 Å². The van der Waals surface area contributed by atoms with E-state index in [1.54, 1.807) is 6.07 Å². The summed E-state index contributed by atoms with van der Waals surface area (Å²) >= 11 is 3.19. The fourth-order valence-corrected chi connectivity index (χ4v) is 1.17. The van der Waals surface area contributed by atoms with Crippen molar-refractivity contribution < 1.29 is 9.15 Å². The predicted octanol–water partition coefficient (Wildman–Crippen LogP) is 2.41. The van der Waals surface area contributed by atoms with Gasteiger partial charge in [0.1, 0.15) is 17.6 Å². The Labute approximate surface area is 84.1 Å². The third-order valence-electron chi connectivity index (χ3n) is 1.40. The molecule has 0 fully saturated rings. The monoisotopic (exact) mass is 244 g/mol. The van der Waals surface area contributed by atoms with E-state index in [4.69, 9.17) is 9.15 Å². The van der Waals surface area contributed by atoms with Crippen molar-refractivity contribution in [3.8, 4) is 0 Å². The molecule has 0 spiro atoms. The minimum atomic E-state index is -0.443. The van der Waals surface area contributed by atoms with E-state index in [2.05, 4.69) is 22.5 Å². The van der Waals surface area contributed by atoms with Crippen LogP contribution in [0, 0.1) is 0 Å². The summed E-state index contributed by atoms with van der Waals surface area (Å²) in [5.41, 5.74) is -0.0992. The van der Waals surface area contributed by atoms with Gasteiger partial charge in [0, 0.05) is 0 Å². The summed E-state index contributed by atoms with van der Waals surface area (Å²) in [6.07, 6.45) is 1.32. The van der Waals surface area contributed by atoms with E-state index in [1.165, 1.54) is 6.26 Å². The van der Waals surface area contributed by atoms with Gasteiger partial charge in [0.2, 0.25) is 0 Å². The molecular weight excluding hydrogens is 236 g/mol. The van der Waals surface area contributed by atoms with E-state index in [-0.39, 0.29) is 0 Å². The molecule has 0 bridgehead atoms. The first-order chi connectivity index (χ1) is 6.15. The summed E-state index contributed by atoms with van der Waals surface area (Å²) in [4.78, 5) is 11.2. The Kier molecular flexibility index (Phi) is 3.31. The van der Waals surface area contributed by atoms with Crippen LogP contribution in [0.5, 0.6) is 0 Å². The van der Waals surface area contributed by atoms with Gasteiger partial charge in [-0.15, -0.1) is 0 Å². The summed E-state index contributed by atoms with van der Waals surface area (Å²) < 4.78 is 10.5. The molecule has 0 aliphatic heterocycles. The Bertz CT molecular complexity index is 367. The Morgan fingerprint density at radius 3 is 3.08 bits per heavy atom. The summed E-state index contributed by atoms with van der Waals surface area (Å²) in [5.74, 6) is 0.331. The molecule has 0 aromatic carbocycles. The van der Waals surface area contributed by atoms with Crippen LogP contribution < -0.4 is 5.63 Å². The quantitative estimate of drug-likeness (QED) is 0.767. The van der Waals surface area contributed by atoms with Gasteiger partial charge in [0.05, 0.1) is 11.1 Å². The number of hydrogen-bond donors (Lipinski definition) is 0. The normalized spacial score (nSPS) is 9.69. The minimum Gasteiger partial charge on any atom is -0.494 e. The van der Waals surface area contributed by atoms with Crippen LogP contribution >= 0.6 is 15.9 Å². The SMILES string of the molecule is C=C(OCC)c1cc(Br)coc1=O. The van der Waals surface area contributed by atoms with Crippen LogP contribution in [0.25, 0.3) is 5.76 Å². The lowest BCUT2D eigenvalue weighted by Gasteiger charge is -2.04. The number of rotatable bonds is 3. The Balaban J connectivity index is 3.06. The number of halogens is 1. The van der Waals surface area contributed by atoms with Crippen molar-refractivity contribution in [2.45, 2.75) is 6.92 Å². The highest BCUT2D eigenvalue weighted by molar-refractivity contribution is 9.10. The average molecular weight is 245 g/mol. The van der Waals surface area contributed by atoms with Gasteiger partial charge >= 0.3 is 5.63 Å². The molecule has 0 amide bonds. The fraction of sp³-hybridized carbons (Fsp3) is 0.222. The highest BCUT2D eigenvalue weighted by Gasteiger charge is 2.06. The Morgan fingerprint density at radius 2 is 2.46 bits per heavy atom. The summed E-state index contributed by atoms with van der Waals surface area (Å²) in [5, 5.41) is 0. The molecule has 3 nitrogen and oxygen atoms in total. The van der Waals surface area contributed by atoms with Crippen LogP contribution in [-0.4, -0.2) is 6.61 Å². The van der Waals surface area contributed by atoms with Crippen LogP contribution in [0.3, 0.4) is 0 Å². The van der Waals surface area contributed by atoms with E-state index < -0.39 is 5.63 Å². The lowest BCUT2D eigenvalue weighted by atomic mass is 10.2. The molecule has 0 aliphatic carbocycles. The molecule has 70 valence electrons. The largest absolute Gasteiger partial charge is 0.494 e. The molecule has 1 aromatic rings. The second-order valence-corrected chi connectivity index (χ2v) is 3.24. The summed E-state index contributed by atoms with van der Waals surface area (Å²) in [7, 11) is 0. The molecule has 0 atom stereocenters. The van der Waals surface area contributed by atoms with E-state index in [0.717, 1.165) is 0 Å². The van der Waals surface area contributed by atoms with Gasteiger partial charge in [-0.2, -0.15) is 0 Å². The molecule has 0 unspecified atom stereocenters. The first-order valence-electron chi connectivity index (χ1n) is 3.75. The third kappa shape index (κ3) is 2.45. The maximum atomic E-state index is 11.2. The Morgan fingerprint density at radius 1 is 1.77 bits per heavy atom. The molecule has 4 heteroatoms. The van der Waals surface area contributed by atoms with E-state index in [0.29, 0.717) is 22.4 Å². The highest BCUT2D eigenvalue weighted by atomic mass is 79.9. The molecule has 0 aliphatic rings. The Hall–Kier alpha value is -1.03. The third-order valence-corrected chi connectivity index (χ3v) is 1.82. The van der Waals surface area contributed by atoms with Gasteiger partial charge in [-0.1, -0.05) is 6.58 Å². The van der Waals surface area contributed by atoms with E-state index >= 15 is 0 Å². The molecule has 1 heterocycles.